The summed E-state index contributed by atoms with van der Waals surface area (Å²) in [6.45, 7) is 0.191. The van der Waals surface area contributed by atoms with Gasteiger partial charge in [0.05, 0.1) is 17.7 Å². The second kappa shape index (κ2) is 10.7. The maximum absolute atomic E-state index is 12.9. The number of nitrogens with one attached hydrogen (secondary N) is 2. The van der Waals surface area contributed by atoms with Crippen molar-refractivity contribution < 1.29 is 28.9 Å². The Morgan fingerprint density at radius 1 is 1.03 bits per heavy atom. The standard InChI is InChI=1S/C25H19ClN4O6/c1-35-25(34)22(11-14-5-8-20-21(10-14)30-36-29-20)28-24(33)18-7-6-16(12-19(18)26)23(32)27-13-15-3-2-4-17(31)9-15/h2-12,31H,13H2,1H3,(H,27,32)(H,28,33). The molecule has 0 saturated heterocycles. The molecule has 0 saturated carbocycles. The number of halogens is 1. The van der Waals surface area contributed by atoms with E-state index in [0.717, 1.165) is 0 Å². The van der Waals surface area contributed by atoms with E-state index in [1.165, 1.54) is 43.5 Å². The predicted molar refractivity (Wildman–Crippen MR) is 130 cm³/mol. The van der Waals surface area contributed by atoms with E-state index in [9.17, 15) is 19.5 Å². The molecule has 3 aromatic carbocycles. The highest BCUT2D eigenvalue weighted by atomic mass is 35.5. The van der Waals surface area contributed by atoms with Crippen LogP contribution in [0.3, 0.4) is 0 Å². The smallest absolute Gasteiger partial charge is 0.354 e. The lowest BCUT2D eigenvalue weighted by molar-refractivity contribution is -0.136. The lowest BCUT2D eigenvalue weighted by Crippen LogP contribution is -2.28. The van der Waals surface area contributed by atoms with Crippen molar-refractivity contribution in [2.24, 2.45) is 0 Å². The van der Waals surface area contributed by atoms with Crippen LogP contribution in [0.5, 0.6) is 5.75 Å². The Hall–Kier alpha value is -4.70. The molecule has 36 heavy (non-hydrogen) atoms. The van der Waals surface area contributed by atoms with Crippen molar-refractivity contribution in [3.05, 3.63) is 93.6 Å². The first-order valence-electron chi connectivity index (χ1n) is 10.5. The molecular weight excluding hydrogens is 488 g/mol. The molecule has 0 fully saturated rings. The van der Waals surface area contributed by atoms with Gasteiger partial charge in [0.15, 0.2) is 0 Å². The van der Waals surface area contributed by atoms with Crippen LogP contribution in [0.15, 0.2) is 71.0 Å². The summed E-state index contributed by atoms with van der Waals surface area (Å²) < 4.78 is 9.44. The van der Waals surface area contributed by atoms with E-state index in [1.807, 2.05) is 0 Å². The number of rotatable bonds is 7. The predicted octanol–water partition coefficient (Wildman–Crippen LogP) is 3.46. The monoisotopic (exact) mass is 506 g/mol. The second-order valence-corrected chi connectivity index (χ2v) is 7.97. The molecule has 4 aromatic rings. The number of phenols is 1. The van der Waals surface area contributed by atoms with Gasteiger partial charge in [-0.25, -0.2) is 9.42 Å². The third-order valence-electron chi connectivity index (χ3n) is 5.08. The van der Waals surface area contributed by atoms with E-state index in [2.05, 4.69) is 25.6 Å². The molecule has 4 rings (SSSR count). The Morgan fingerprint density at radius 3 is 2.58 bits per heavy atom. The first-order chi connectivity index (χ1) is 17.3. The number of benzene rings is 3. The minimum Gasteiger partial charge on any atom is -0.508 e. The number of aromatic nitrogens is 2. The molecule has 2 amide bonds. The summed E-state index contributed by atoms with van der Waals surface area (Å²) >= 11 is 6.28. The van der Waals surface area contributed by atoms with Crippen molar-refractivity contribution in [1.82, 2.24) is 20.9 Å². The van der Waals surface area contributed by atoms with Crippen molar-refractivity contribution in [3.8, 4) is 5.75 Å². The number of nitrogens with zero attached hydrogens (tertiary/aromatic N) is 2. The summed E-state index contributed by atoms with van der Waals surface area (Å²) in [5.74, 6) is -1.77. The van der Waals surface area contributed by atoms with Crippen LogP contribution in [0.1, 0.15) is 31.8 Å². The van der Waals surface area contributed by atoms with Crippen molar-refractivity contribution in [1.29, 1.82) is 0 Å². The highest BCUT2D eigenvalue weighted by Crippen LogP contribution is 2.20. The molecule has 0 atom stereocenters. The Morgan fingerprint density at radius 2 is 1.83 bits per heavy atom. The Balaban J connectivity index is 1.49. The molecule has 3 N–H and O–H groups in total. The summed E-state index contributed by atoms with van der Waals surface area (Å²) in [7, 11) is 1.18. The van der Waals surface area contributed by atoms with E-state index in [1.54, 1.807) is 30.3 Å². The van der Waals surface area contributed by atoms with Gasteiger partial charge < -0.3 is 20.5 Å². The molecule has 0 aliphatic rings. The SMILES string of the molecule is COC(=O)C(=Cc1ccc2nonc2c1)NC(=O)c1ccc(C(=O)NCc2cccc(O)c2)cc1Cl. The van der Waals surface area contributed by atoms with E-state index in [4.69, 9.17) is 16.3 Å². The highest BCUT2D eigenvalue weighted by Gasteiger charge is 2.19. The second-order valence-electron chi connectivity index (χ2n) is 7.56. The van der Waals surface area contributed by atoms with Gasteiger partial charge in [0.2, 0.25) is 0 Å². The fourth-order valence-electron chi connectivity index (χ4n) is 3.29. The van der Waals surface area contributed by atoms with Gasteiger partial charge in [0.1, 0.15) is 22.5 Å². The summed E-state index contributed by atoms with van der Waals surface area (Å²) in [5.41, 5.74) is 2.41. The Kier molecular flexibility index (Phi) is 7.26. The van der Waals surface area contributed by atoms with Crippen LogP contribution in [0.4, 0.5) is 0 Å². The fraction of sp³-hybridized carbons (Fsp3) is 0.0800. The van der Waals surface area contributed by atoms with E-state index in [0.29, 0.717) is 22.2 Å². The molecule has 1 heterocycles. The first kappa shape index (κ1) is 24.4. The third-order valence-corrected chi connectivity index (χ3v) is 5.39. The van der Waals surface area contributed by atoms with E-state index in [-0.39, 0.29) is 34.1 Å². The molecule has 0 aliphatic carbocycles. The number of hydrogen-bond donors (Lipinski definition) is 3. The number of fused-ring (bicyclic) bond motifs is 1. The Bertz CT molecular complexity index is 1500. The van der Waals surface area contributed by atoms with Gasteiger partial charge in [-0.15, -0.1) is 0 Å². The first-order valence-corrected chi connectivity index (χ1v) is 10.9. The molecule has 11 heteroatoms. The van der Waals surface area contributed by atoms with Gasteiger partial charge in [-0.2, -0.15) is 0 Å². The number of phenolic OH excluding ortho intramolecular Hbond substituents is 1. The number of methoxy groups -OCH3 is 1. The van der Waals surface area contributed by atoms with Crippen LogP contribution in [0, 0.1) is 0 Å². The van der Waals surface area contributed by atoms with Crippen LogP contribution in [0.2, 0.25) is 5.02 Å². The average Bonchev–Trinajstić information content (AvgIpc) is 3.34. The fourth-order valence-corrected chi connectivity index (χ4v) is 3.56. The van der Waals surface area contributed by atoms with E-state index >= 15 is 0 Å². The number of carbonyl (C=O) groups excluding carboxylic acids is 3. The zero-order valence-electron chi connectivity index (χ0n) is 18.8. The number of amides is 2. The number of aromatic hydroxyl groups is 1. The van der Waals surface area contributed by atoms with Gasteiger partial charge in [0, 0.05) is 12.1 Å². The van der Waals surface area contributed by atoms with Crippen LogP contribution >= 0.6 is 11.6 Å². The lowest BCUT2D eigenvalue weighted by atomic mass is 10.1. The van der Waals surface area contributed by atoms with Gasteiger partial charge in [-0.1, -0.05) is 29.8 Å². The van der Waals surface area contributed by atoms with Gasteiger partial charge in [-0.3, -0.25) is 9.59 Å². The largest absolute Gasteiger partial charge is 0.508 e. The summed E-state index contributed by atoms with van der Waals surface area (Å²) in [4.78, 5) is 37.7. The minimum absolute atomic E-state index is 0.0109. The van der Waals surface area contributed by atoms with Gasteiger partial charge in [0.25, 0.3) is 11.8 Å². The molecular formula is C25H19ClN4O6. The molecule has 0 bridgehead atoms. The summed E-state index contributed by atoms with van der Waals surface area (Å²) in [5, 5.41) is 22.2. The molecule has 0 radical (unpaired) electrons. The van der Waals surface area contributed by atoms with Crippen molar-refractivity contribution in [2.75, 3.05) is 7.11 Å². The highest BCUT2D eigenvalue weighted by molar-refractivity contribution is 6.34. The number of hydrogen-bond acceptors (Lipinski definition) is 8. The van der Waals surface area contributed by atoms with Crippen molar-refractivity contribution in [2.45, 2.75) is 6.54 Å². The zero-order chi connectivity index (χ0) is 25.7. The molecule has 0 spiro atoms. The maximum atomic E-state index is 12.9. The molecule has 1 aromatic heterocycles. The zero-order valence-corrected chi connectivity index (χ0v) is 19.6. The normalized spacial score (nSPS) is 11.2. The van der Waals surface area contributed by atoms with Crippen molar-refractivity contribution in [3.63, 3.8) is 0 Å². The van der Waals surface area contributed by atoms with Crippen LogP contribution < -0.4 is 10.6 Å². The average molecular weight is 507 g/mol. The molecule has 10 nitrogen and oxygen atoms in total. The van der Waals surface area contributed by atoms with Gasteiger partial charge in [-0.05, 0) is 70.0 Å². The number of ether oxygens (including phenoxy) is 1. The quantitative estimate of drug-likeness (QED) is 0.255. The minimum atomic E-state index is -0.777. The van der Waals surface area contributed by atoms with Crippen LogP contribution in [-0.4, -0.2) is 40.3 Å². The van der Waals surface area contributed by atoms with Crippen molar-refractivity contribution >= 4 is 46.5 Å². The molecule has 0 unspecified atom stereocenters. The number of carbonyl (C=O) groups is 3. The van der Waals surface area contributed by atoms with Gasteiger partial charge >= 0.3 is 5.97 Å². The third kappa shape index (κ3) is 5.68. The van der Waals surface area contributed by atoms with Crippen LogP contribution in [-0.2, 0) is 16.1 Å². The van der Waals surface area contributed by atoms with Crippen LogP contribution in [0.25, 0.3) is 17.1 Å². The number of esters is 1. The lowest BCUT2D eigenvalue weighted by Gasteiger charge is -2.11. The Labute approximate surface area is 209 Å². The maximum Gasteiger partial charge on any atom is 0.354 e. The summed E-state index contributed by atoms with van der Waals surface area (Å²) in [6, 6.07) is 15.6. The molecule has 0 aliphatic heterocycles. The molecule has 182 valence electrons. The summed E-state index contributed by atoms with van der Waals surface area (Å²) in [6.07, 6.45) is 1.41. The topological polar surface area (TPSA) is 144 Å². The van der Waals surface area contributed by atoms with E-state index < -0.39 is 17.8 Å².